The Morgan fingerprint density at radius 2 is 2.00 bits per heavy atom. The fraction of sp³-hybridized carbons (Fsp3) is 0.267. The molecule has 128 valence electrons. The molecule has 0 bridgehead atoms. The van der Waals surface area contributed by atoms with Crippen molar-refractivity contribution in [1.82, 2.24) is 4.57 Å². The molecule has 0 unspecified atom stereocenters. The van der Waals surface area contributed by atoms with Crippen LogP contribution in [0.15, 0.2) is 22.3 Å². The first-order chi connectivity index (χ1) is 11.3. The van der Waals surface area contributed by atoms with Gasteiger partial charge in [-0.3, -0.25) is 9.59 Å². The molecule has 0 aliphatic heterocycles. The molecule has 0 spiro atoms. The zero-order valence-corrected chi connectivity index (χ0v) is 13.7. The van der Waals surface area contributed by atoms with Gasteiger partial charge < -0.3 is 14.6 Å². The van der Waals surface area contributed by atoms with Crippen LogP contribution < -0.4 is 10.2 Å². The van der Waals surface area contributed by atoms with E-state index in [1.54, 1.807) is 12.3 Å². The third-order valence-corrected chi connectivity index (χ3v) is 4.16. The Balaban J connectivity index is 2.11. The Morgan fingerprint density at radius 1 is 1.29 bits per heavy atom. The van der Waals surface area contributed by atoms with Gasteiger partial charge in [-0.1, -0.05) is 11.3 Å². The molecule has 0 aliphatic carbocycles. The summed E-state index contributed by atoms with van der Waals surface area (Å²) in [5.74, 6) is -3.66. The number of carbonyl (C=O) groups excluding carboxylic acids is 2. The van der Waals surface area contributed by atoms with Crippen molar-refractivity contribution in [1.29, 1.82) is 0 Å². The van der Waals surface area contributed by atoms with Gasteiger partial charge in [-0.15, -0.1) is 0 Å². The number of nitrogens with zero attached hydrogens (tertiary/aromatic N) is 1. The minimum atomic E-state index is -1.09. The number of methoxy groups -OCH3 is 1. The molecule has 0 atom stereocenters. The van der Waals surface area contributed by atoms with Gasteiger partial charge in [0.05, 0.1) is 18.4 Å². The lowest BCUT2D eigenvalue weighted by molar-refractivity contribution is -0.116. The van der Waals surface area contributed by atoms with Gasteiger partial charge in [0.15, 0.2) is 0 Å². The molecule has 1 heterocycles. The summed E-state index contributed by atoms with van der Waals surface area (Å²) < 4.78 is 33.1. The first kappa shape index (κ1) is 17.8. The molecule has 2 rings (SSSR count). The van der Waals surface area contributed by atoms with Crippen LogP contribution in [-0.4, -0.2) is 23.6 Å². The van der Waals surface area contributed by atoms with Crippen LogP contribution in [0, 0.1) is 18.6 Å². The van der Waals surface area contributed by atoms with Gasteiger partial charge >= 0.3 is 10.8 Å². The summed E-state index contributed by atoms with van der Waals surface area (Å²) in [5.41, 5.74) is -0.103. The van der Waals surface area contributed by atoms with Gasteiger partial charge in [-0.25, -0.2) is 13.6 Å². The number of benzene rings is 1. The molecular weight excluding hydrogens is 342 g/mol. The van der Waals surface area contributed by atoms with Crippen molar-refractivity contribution in [3.63, 3.8) is 0 Å². The number of ether oxygens (including phenoxy) is 1. The fourth-order valence-electron chi connectivity index (χ4n) is 2.01. The fourth-order valence-corrected chi connectivity index (χ4v) is 2.77. The molecule has 24 heavy (non-hydrogen) atoms. The van der Waals surface area contributed by atoms with E-state index < -0.39 is 29.1 Å². The van der Waals surface area contributed by atoms with Crippen LogP contribution in [0.25, 0.3) is 0 Å². The van der Waals surface area contributed by atoms with Gasteiger partial charge in [-0.05, 0) is 13.0 Å². The highest BCUT2D eigenvalue weighted by atomic mass is 32.1. The maximum atomic E-state index is 13.7. The van der Waals surface area contributed by atoms with Gasteiger partial charge in [0.25, 0.3) is 0 Å². The Labute approximate surface area is 139 Å². The van der Waals surface area contributed by atoms with E-state index in [0.29, 0.717) is 6.07 Å². The second-order valence-electron chi connectivity index (χ2n) is 4.90. The minimum absolute atomic E-state index is 0.0815. The number of halogens is 2. The summed E-state index contributed by atoms with van der Waals surface area (Å²) in [4.78, 5) is 34.7. The standard InChI is InChI=1S/C15H14F2N2O4S/c1-8-7-24-15(22)19(8)4-3-13(20)18-12-5-9(14(21)23-2)10(16)6-11(12)17/h5-7H,3-4H2,1-2H3,(H,18,20). The average Bonchev–Trinajstić information content (AvgIpc) is 2.85. The molecule has 1 aromatic carbocycles. The van der Waals surface area contributed by atoms with Crippen molar-refractivity contribution >= 4 is 28.9 Å². The van der Waals surface area contributed by atoms with E-state index in [4.69, 9.17) is 0 Å². The van der Waals surface area contributed by atoms with Crippen LogP contribution in [0.2, 0.25) is 0 Å². The lowest BCUT2D eigenvalue weighted by Gasteiger charge is -2.09. The molecule has 0 saturated carbocycles. The number of thiazole rings is 1. The molecule has 2 aromatic rings. The number of aromatic nitrogens is 1. The lowest BCUT2D eigenvalue weighted by Crippen LogP contribution is -2.20. The highest BCUT2D eigenvalue weighted by Crippen LogP contribution is 2.20. The number of rotatable bonds is 5. The smallest absolute Gasteiger partial charge is 0.340 e. The van der Waals surface area contributed by atoms with Crippen molar-refractivity contribution in [3.8, 4) is 0 Å². The Kier molecular flexibility index (Phi) is 5.45. The molecule has 6 nitrogen and oxygen atoms in total. The number of esters is 1. The summed E-state index contributed by atoms with van der Waals surface area (Å²) in [5, 5.41) is 3.93. The largest absolute Gasteiger partial charge is 0.465 e. The molecule has 1 amide bonds. The number of hydrogen-bond donors (Lipinski definition) is 1. The molecule has 0 fully saturated rings. The summed E-state index contributed by atoms with van der Waals surface area (Å²) in [6.07, 6.45) is -0.0815. The van der Waals surface area contributed by atoms with Crippen molar-refractivity contribution in [2.45, 2.75) is 19.9 Å². The Bertz CT molecular complexity index is 844. The van der Waals surface area contributed by atoms with E-state index in [-0.39, 0.29) is 23.5 Å². The van der Waals surface area contributed by atoms with Gasteiger partial charge in [0, 0.05) is 30.1 Å². The first-order valence-corrected chi connectivity index (χ1v) is 7.73. The van der Waals surface area contributed by atoms with Crippen molar-refractivity contribution < 1.29 is 23.1 Å². The first-order valence-electron chi connectivity index (χ1n) is 6.85. The van der Waals surface area contributed by atoms with Crippen molar-refractivity contribution in [2.24, 2.45) is 0 Å². The number of hydrogen-bond acceptors (Lipinski definition) is 5. The number of amides is 1. The van der Waals surface area contributed by atoms with Gasteiger partial charge in [0.1, 0.15) is 11.6 Å². The second-order valence-corrected chi connectivity index (χ2v) is 5.72. The highest BCUT2D eigenvalue weighted by Gasteiger charge is 2.18. The summed E-state index contributed by atoms with van der Waals surface area (Å²) in [6, 6.07) is 1.37. The molecule has 1 aromatic heterocycles. The monoisotopic (exact) mass is 356 g/mol. The molecule has 0 aliphatic rings. The van der Waals surface area contributed by atoms with Crippen LogP contribution in [0.1, 0.15) is 22.5 Å². The Hall–Kier alpha value is -2.55. The van der Waals surface area contributed by atoms with Crippen LogP contribution in [0.3, 0.4) is 0 Å². The van der Waals surface area contributed by atoms with E-state index in [9.17, 15) is 23.2 Å². The highest BCUT2D eigenvalue weighted by molar-refractivity contribution is 7.07. The van der Waals surface area contributed by atoms with Crippen molar-refractivity contribution in [2.75, 3.05) is 12.4 Å². The molecule has 0 saturated heterocycles. The van der Waals surface area contributed by atoms with E-state index >= 15 is 0 Å². The normalized spacial score (nSPS) is 10.5. The van der Waals surface area contributed by atoms with E-state index in [2.05, 4.69) is 10.1 Å². The molecular formula is C15H14F2N2O4S. The van der Waals surface area contributed by atoms with Gasteiger partial charge in [0.2, 0.25) is 5.91 Å². The average molecular weight is 356 g/mol. The second kappa shape index (κ2) is 7.35. The number of anilines is 1. The maximum absolute atomic E-state index is 13.7. The predicted octanol–water partition coefficient (Wildman–Crippen LogP) is 2.31. The number of nitrogens with one attached hydrogen (secondary N) is 1. The zero-order chi connectivity index (χ0) is 17.9. The van der Waals surface area contributed by atoms with Crippen LogP contribution in [0.5, 0.6) is 0 Å². The minimum Gasteiger partial charge on any atom is -0.465 e. The van der Waals surface area contributed by atoms with Crippen LogP contribution in [0.4, 0.5) is 14.5 Å². The quantitative estimate of drug-likeness (QED) is 0.834. The van der Waals surface area contributed by atoms with Crippen LogP contribution in [-0.2, 0) is 16.1 Å². The number of aryl methyl sites for hydroxylation is 1. The van der Waals surface area contributed by atoms with E-state index in [1.807, 2.05) is 0 Å². The number of carbonyl (C=O) groups is 2. The van der Waals surface area contributed by atoms with Crippen LogP contribution >= 0.6 is 11.3 Å². The molecule has 9 heteroatoms. The maximum Gasteiger partial charge on any atom is 0.340 e. The predicted molar refractivity (Wildman–Crippen MR) is 84.3 cm³/mol. The van der Waals surface area contributed by atoms with Gasteiger partial charge in [-0.2, -0.15) is 0 Å². The molecule has 1 N–H and O–H groups in total. The summed E-state index contributed by atoms with van der Waals surface area (Å²) in [7, 11) is 1.06. The third kappa shape index (κ3) is 3.85. The lowest BCUT2D eigenvalue weighted by atomic mass is 10.1. The molecule has 0 radical (unpaired) electrons. The topological polar surface area (TPSA) is 77.4 Å². The zero-order valence-electron chi connectivity index (χ0n) is 12.9. The summed E-state index contributed by atoms with van der Waals surface area (Å²) in [6.45, 7) is 1.87. The SMILES string of the molecule is COC(=O)c1cc(NC(=O)CCn2c(C)csc2=O)c(F)cc1F. The summed E-state index contributed by atoms with van der Waals surface area (Å²) >= 11 is 1.02. The third-order valence-electron chi connectivity index (χ3n) is 3.28. The Morgan fingerprint density at radius 3 is 2.58 bits per heavy atom. The van der Waals surface area contributed by atoms with Crippen molar-refractivity contribution in [3.05, 3.63) is 50.1 Å². The van der Waals surface area contributed by atoms with E-state index in [0.717, 1.165) is 30.2 Å². The van der Waals surface area contributed by atoms with E-state index in [1.165, 1.54) is 4.57 Å².